The molecular formula is C13H10N4. The van der Waals surface area contributed by atoms with Crippen LogP contribution in [0.1, 0.15) is 0 Å². The van der Waals surface area contributed by atoms with Crippen LogP contribution >= 0.6 is 0 Å². The number of hydrogen-bond acceptors (Lipinski definition) is 4. The predicted molar refractivity (Wildman–Crippen MR) is 67.1 cm³/mol. The molecule has 1 N–H and O–H groups in total. The van der Waals surface area contributed by atoms with E-state index >= 15 is 0 Å². The summed E-state index contributed by atoms with van der Waals surface area (Å²) in [6.07, 6.45) is 3.39. The van der Waals surface area contributed by atoms with Gasteiger partial charge in [0.25, 0.3) is 0 Å². The minimum atomic E-state index is 0.658. The molecule has 0 aliphatic rings. The molecule has 0 aliphatic carbocycles. The number of fused-ring (bicyclic) bond motifs is 1. The summed E-state index contributed by atoms with van der Waals surface area (Å²) < 4.78 is 0. The Morgan fingerprint density at radius 1 is 0.882 bits per heavy atom. The van der Waals surface area contributed by atoms with Crippen molar-refractivity contribution in [2.45, 2.75) is 0 Å². The van der Waals surface area contributed by atoms with E-state index in [1.807, 2.05) is 42.5 Å². The van der Waals surface area contributed by atoms with Gasteiger partial charge in [0.05, 0.1) is 6.20 Å². The Bertz CT molecular complexity index is 637. The fraction of sp³-hybridized carbons (Fsp3) is 0. The minimum Gasteiger partial charge on any atom is -0.339 e. The SMILES string of the molecule is c1ccc(Nc2cnc3ncccc3n2)cc1. The molecule has 0 amide bonds. The van der Waals surface area contributed by atoms with Crippen LogP contribution in [-0.2, 0) is 0 Å². The lowest BCUT2D eigenvalue weighted by Crippen LogP contribution is -1.95. The summed E-state index contributed by atoms with van der Waals surface area (Å²) in [5, 5.41) is 3.19. The van der Waals surface area contributed by atoms with Crippen LogP contribution in [0.15, 0.2) is 54.9 Å². The Hall–Kier alpha value is -2.49. The summed E-state index contributed by atoms with van der Waals surface area (Å²) in [7, 11) is 0. The van der Waals surface area contributed by atoms with Gasteiger partial charge in [-0.3, -0.25) is 0 Å². The average molecular weight is 222 g/mol. The zero-order valence-electron chi connectivity index (χ0n) is 9.04. The fourth-order valence-corrected chi connectivity index (χ4v) is 1.59. The Labute approximate surface area is 98.4 Å². The lowest BCUT2D eigenvalue weighted by Gasteiger charge is -2.05. The van der Waals surface area contributed by atoms with E-state index in [9.17, 15) is 0 Å². The molecule has 0 unspecified atom stereocenters. The van der Waals surface area contributed by atoms with E-state index in [0.717, 1.165) is 17.0 Å². The molecule has 17 heavy (non-hydrogen) atoms. The molecule has 0 atom stereocenters. The van der Waals surface area contributed by atoms with Crippen molar-refractivity contribution in [3.8, 4) is 0 Å². The van der Waals surface area contributed by atoms with Crippen molar-refractivity contribution in [3.05, 3.63) is 54.9 Å². The van der Waals surface area contributed by atoms with Gasteiger partial charge in [0.1, 0.15) is 11.3 Å². The number of nitrogens with zero attached hydrogens (tertiary/aromatic N) is 3. The van der Waals surface area contributed by atoms with Crippen LogP contribution in [0.25, 0.3) is 11.2 Å². The molecule has 0 saturated heterocycles. The molecule has 4 heteroatoms. The van der Waals surface area contributed by atoms with Gasteiger partial charge in [0.2, 0.25) is 0 Å². The van der Waals surface area contributed by atoms with Crippen molar-refractivity contribution in [3.63, 3.8) is 0 Å². The van der Waals surface area contributed by atoms with Crippen LogP contribution in [0.2, 0.25) is 0 Å². The molecule has 4 nitrogen and oxygen atoms in total. The van der Waals surface area contributed by atoms with Gasteiger partial charge in [0, 0.05) is 11.9 Å². The number of hydrogen-bond donors (Lipinski definition) is 1. The quantitative estimate of drug-likeness (QED) is 0.724. The van der Waals surface area contributed by atoms with Gasteiger partial charge in [-0.15, -0.1) is 0 Å². The highest BCUT2D eigenvalue weighted by atomic mass is 15.0. The van der Waals surface area contributed by atoms with Crippen LogP contribution in [-0.4, -0.2) is 15.0 Å². The molecule has 0 radical (unpaired) electrons. The van der Waals surface area contributed by atoms with Crippen LogP contribution in [0.5, 0.6) is 0 Å². The highest BCUT2D eigenvalue weighted by molar-refractivity contribution is 5.71. The maximum Gasteiger partial charge on any atom is 0.178 e. The second kappa shape index (κ2) is 4.17. The molecule has 0 bridgehead atoms. The van der Waals surface area contributed by atoms with Gasteiger partial charge >= 0.3 is 0 Å². The van der Waals surface area contributed by atoms with Crippen molar-refractivity contribution < 1.29 is 0 Å². The average Bonchev–Trinajstić information content (AvgIpc) is 2.40. The highest BCUT2D eigenvalue weighted by Crippen LogP contribution is 2.14. The Kier molecular flexibility index (Phi) is 2.38. The van der Waals surface area contributed by atoms with Crippen molar-refractivity contribution in [2.24, 2.45) is 0 Å². The molecule has 0 fully saturated rings. The number of nitrogens with one attached hydrogen (secondary N) is 1. The lowest BCUT2D eigenvalue weighted by molar-refractivity contribution is 1.22. The summed E-state index contributed by atoms with van der Waals surface area (Å²) in [5.41, 5.74) is 2.43. The number of pyridine rings is 1. The van der Waals surface area contributed by atoms with Crippen LogP contribution in [0.3, 0.4) is 0 Å². The summed E-state index contributed by atoms with van der Waals surface area (Å²) in [6, 6.07) is 13.6. The summed E-state index contributed by atoms with van der Waals surface area (Å²) >= 11 is 0. The molecule has 0 spiro atoms. The second-order valence-corrected chi connectivity index (χ2v) is 3.59. The first kappa shape index (κ1) is 9.72. The molecule has 1 aromatic carbocycles. The van der Waals surface area contributed by atoms with Gasteiger partial charge in [-0.25, -0.2) is 15.0 Å². The number of aromatic nitrogens is 3. The topological polar surface area (TPSA) is 50.7 Å². The molecule has 3 rings (SSSR count). The minimum absolute atomic E-state index is 0.658. The summed E-state index contributed by atoms with van der Waals surface area (Å²) in [4.78, 5) is 12.8. The monoisotopic (exact) mass is 222 g/mol. The molecule has 0 aliphatic heterocycles. The normalized spacial score (nSPS) is 10.4. The Morgan fingerprint density at radius 3 is 2.65 bits per heavy atom. The zero-order valence-corrected chi connectivity index (χ0v) is 9.04. The van der Waals surface area contributed by atoms with E-state index in [-0.39, 0.29) is 0 Å². The molecular weight excluding hydrogens is 212 g/mol. The third-order valence-electron chi connectivity index (χ3n) is 2.36. The van der Waals surface area contributed by atoms with E-state index in [1.165, 1.54) is 0 Å². The van der Waals surface area contributed by atoms with Gasteiger partial charge in [-0.2, -0.15) is 0 Å². The second-order valence-electron chi connectivity index (χ2n) is 3.59. The van der Waals surface area contributed by atoms with E-state index < -0.39 is 0 Å². The number of rotatable bonds is 2. The maximum atomic E-state index is 4.43. The van der Waals surface area contributed by atoms with Gasteiger partial charge < -0.3 is 5.32 Å². The van der Waals surface area contributed by atoms with Gasteiger partial charge in [0.15, 0.2) is 5.65 Å². The first-order valence-corrected chi connectivity index (χ1v) is 5.32. The maximum absolute atomic E-state index is 4.43. The summed E-state index contributed by atoms with van der Waals surface area (Å²) in [5.74, 6) is 0.719. The summed E-state index contributed by atoms with van der Waals surface area (Å²) in [6.45, 7) is 0. The van der Waals surface area contributed by atoms with Gasteiger partial charge in [-0.05, 0) is 24.3 Å². The standard InChI is InChI=1S/C13H10N4/c1-2-5-10(6-3-1)16-12-9-15-13-11(17-12)7-4-8-14-13/h1-9H,(H,16,17). The third-order valence-corrected chi connectivity index (χ3v) is 2.36. The van der Waals surface area contributed by atoms with Crippen LogP contribution in [0.4, 0.5) is 11.5 Å². The van der Waals surface area contributed by atoms with E-state index in [2.05, 4.69) is 20.3 Å². The highest BCUT2D eigenvalue weighted by Gasteiger charge is 1.99. The largest absolute Gasteiger partial charge is 0.339 e. The third kappa shape index (κ3) is 2.06. The van der Waals surface area contributed by atoms with Crippen molar-refractivity contribution >= 4 is 22.7 Å². The van der Waals surface area contributed by atoms with Crippen LogP contribution < -0.4 is 5.32 Å². The van der Waals surface area contributed by atoms with Gasteiger partial charge in [-0.1, -0.05) is 18.2 Å². The Morgan fingerprint density at radius 2 is 1.76 bits per heavy atom. The molecule has 2 heterocycles. The zero-order chi connectivity index (χ0) is 11.5. The fourth-order valence-electron chi connectivity index (χ4n) is 1.59. The van der Waals surface area contributed by atoms with Crippen molar-refractivity contribution in [1.29, 1.82) is 0 Å². The Balaban J connectivity index is 1.96. The molecule has 0 saturated carbocycles. The van der Waals surface area contributed by atoms with Crippen molar-refractivity contribution in [2.75, 3.05) is 5.32 Å². The number of benzene rings is 1. The molecule has 82 valence electrons. The first-order valence-electron chi connectivity index (χ1n) is 5.32. The van der Waals surface area contributed by atoms with E-state index in [4.69, 9.17) is 0 Å². The number of para-hydroxylation sites is 1. The number of anilines is 2. The lowest BCUT2D eigenvalue weighted by atomic mass is 10.3. The van der Waals surface area contributed by atoms with Crippen LogP contribution in [0, 0.1) is 0 Å². The van der Waals surface area contributed by atoms with Crippen molar-refractivity contribution in [1.82, 2.24) is 15.0 Å². The predicted octanol–water partition coefficient (Wildman–Crippen LogP) is 2.77. The molecule has 3 aromatic rings. The molecule has 2 aromatic heterocycles. The smallest absolute Gasteiger partial charge is 0.178 e. The van der Waals surface area contributed by atoms with E-state index in [1.54, 1.807) is 12.4 Å². The first-order chi connectivity index (χ1) is 8.42. The van der Waals surface area contributed by atoms with E-state index in [0.29, 0.717) is 5.65 Å².